The molecule has 2 heteroatoms. The Morgan fingerprint density at radius 1 is 1.44 bits per heavy atom. The first-order valence-corrected chi connectivity index (χ1v) is 5.70. The van der Waals surface area contributed by atoms with E-state index in [-0.39, 0.29) is 0 Å². The summed E-state index contributed by atoms with van der Waals surface area (Å²) in [5.41, 5.74) is 2.55. The van der Waals surface area contributed by atoms with E-state index in [4.69, 9.17) is 0 Å². The van der Waals surface area contributed by atoms with E-state index in [0.717, 1.165) is 13.0 Å². The van der Waals surface area contributed by atoms with E-state index < -0.39 is 0 Å². The molecular weight excluding hydrogens is 196 g/mol. The Balaban J connectivity index is 2.09. The molecule has 1 atom stereocenters. The topological polar surface area (TPSA) is 27.8 Å². The molecule has 2 aromatic rings. The van der Waals surface area contributed by atoms with E-state index in [1.807, 2.05) is 12.3 Å². The molecule has 0 radical (unpaired) electrons. The largest absolute Gasteiger partial charge is 0.361 e. The minimum Gasteiger partial charge on any atom is -0.361 e. The van der Waals surface area contributed by atoms with Crippen LogP contribution in [0.25, 0.3) is 10.9 Å². The number of benzene rings is 1. The van der Waals surface area contributed by atoms with Crippen molar-refractivity contribution in [3.63, 3.8) is 0 Å². The summed E-state index contributed by atoms with van der Waals surface area (Å²) < 4.78 is 0. The number of nitrogens with one attached hydrogen (secondary N) is 2. The average Bonchev–Trinajstić information content (AvgIpc) is 2.75. The van der Waals surface area contributed by atoms with Crippen molar-refractivity contribution in [2.75, 3.05) is 0 Å². The second-order valence-corrected chi connectivity index (χ2v) is 4.16. The van der Waals surface area contributed by atoms with Gasteiger partial charge in [-0.1, -0.05) is 18.2 Å². The molecule has 2 N–H and O–H groups in total. The molecule has 0 aliphatic heterocycles. The minimum absolute atomic E-state index is 0.478. The van der Waals surface area contributed by atoms with Gasteiger partial charge in [0, 0.05) is 29.7 Å². The van der Waals surface area contributed by atoms with Crippen molar-refractivity contribution in [3.8, 4) is 0 Å². The summed E-state index contributed by atoms with van der Waals surface area (Å²) in [5.74, 6) is 0. The number of hydrogen-bond donors (Lipinski definition) is 2. The Morgan fingerprint density at radius 3 is 3.12 bits per heavy atom. The molecule has 2 rings (SSSR count). The van der Waals surface area contributed by atoms with Gasteiger partial charge in [-0.2, -0.15) is 0 Å². The van der Waals surface area contributed by atoms with Crippen LogP contribution in [0.5, 0.6) is 0 Å². The highest BCUT2D eigenvalue weighted by Gasteiger charge is 2.03. The lowest BCUT2D eigenvalue weighted by Gasteiger charge is -2.12. The number of fused-ring (bicyclic) bond motifs is 1. The first kappa shape index (κ1) is 11.0. The predicted octanol–water partition coefficient (Wildman–Crippen LogP) is 3.22. The molecule has 0 fully saturated rings. The quantitative estimate of drug-likeness (QED) is 0.735. The molecule has 1 aromatic carbocycles. The van der Waals surface area contributed by atoms with Crippen molar-refractivity contribution in [2.24, 2.45) is 0 Å². The highest BCUT2D eigenvalue weighted by molar-refractivity contribution is 5.82. The van der Waals surface area contributed by atoms with Crippen molar-refractivity contribution >= 4 is 10.9 Å². The molecule has 1 aromatic heterocycles. The second-order valence-electron chi connectivity index (χ2n) is 4.16. The first-order valence-electron chi connectivity index (χ1n) is 5.70. The van der Waals surface area contributed by atoms with Gasteiger partial charge in [-0.15, -0.1) is 6.58 Å². The fourth-order valence-corrected chi connectivity index (χ4v) is 1.92. The molecule has 0 amide bonds. The van der Waals surface area contributed by atoms with Crippen LogP contribution in [0.15, 0.2) is 43.1 Å². The molecule has 1 unspecified atom stereocenters. The SMILES string of the molecule is C=CCC(C)NCc1cccc2[nH]ccc12. The number of aromatic nitrogens is 1. The minimum atomic E-state index is 0.478. The molecule has 16 heavy (non-hydrogen) atoms. The van der Waals surface area contributed by atoms with Crippen molar-refractivity contribution in [2.45, 2.75) is 25.9 Å². The zero-order valence-electron chi connectivity index (χ0n) is 9.66. The normalized spacial score (nSPS) is 12.8. The van der Waals surface area contributed by atoms with Gasteiger partial charge >= 0.3 is 0 Å². The number of aromatic amines is 1. The molecule has 0 saturated carbocycles. The predicted molar refractivity (Wildman–Crippen MR) is 69.4 cm³/mol. The second kappa shape index (κ2) is 4.99. The van der Waals surface area contributed by atoms with Gasteiger partial charge in [-0.25, -0.2) is 0 Å². The maximum Gasteiger partial charge on any atom is 0.0457 e. The van der Waals surface area contributed by atoms with Gasteiger partial charge in [0.15, 0.2) is 0 Å². The van der Waals surface area contributed by atoms with Crippen molar-refractivity contribution in [3.05, 3.63) is 48.7 Å². The Labute approximate surface area is 96.4 Å². The monoisotopic (exact) mass is 214 g/mol. The fourth-order valence-electron chi connectivity index (χ4n) is 1.92. The molecule has 2 nitrogen and oxygen atoms in total. The molecule has 0 bridgehead atoms. The van der Waals surface area contributed by atoms with Crippen LogP contribution in [0.4, 0.5) is 0 Å². The van der Waals surface area contributed by atoms with Crippen LogP contribution < -0.4 is 5.32 Å². The van der Waals surface area contributed by atoms with Gasteiger partial charge in [0.1, 0.15) is 0 Å². The van der Waals surface area contributed by atoms with Crippen LogP contribution in [0, 0.1) is 0 Å². The highest BCUT2D eigenvalue weighted by atomic mass is 14.9. The van der Waals surface area contributed by atoms with Crippen LogP contribution >= 0.6 is 0 Å². The van der Waals surface area contributed by atoms with Gasteiger partial charge in [-0.3, -0.25) is 0 Å². The zero-order chi connectivity index (χ0) is 11.4. The summed E-state index contributed by atoms with van der Waals surface area (Å²) in [6, 6.07) is 8.97. The molecular formula is C14H18N2. The molecule has 0 saturated heterocycles. The van der Waals surface area contributed by atoms with Crippen LogP contribution in [0.1, 0.15) is 18.9 Å². The third-order valence-corrected chi connectivity index (χ3v) is 2.85. The zero-order valence-corrected chi connectivity index (χ0v) is 9.66. The van der Waals surface area contributed by atoms with Crippen LogP contribution in [-0.4, -0.2) is 11.0 Å². The number of rotatable bonds is 5. The molecule has 0 aliphatic carbocycles. The van der Waals surface area contributed by atoms with Crippen LogP contribution in [-0.2, 0) is 6.54 Å². The Morgan fingerprint density at radius 2 is 2.31 bits per heavy atom. The standard InChI is InChI=1S/C14H18N2/c1-3-5-11(2)16-10-12-6-4-7-14-13(12)8-9-15-14/h3-4,6-9,11,15-16H,1,5,10H2,2H3. The van der Waals surface area contributed by atoms with E-state index in [1.165, 1.54) is 16.5 Å². The number of H-pyrrole nitrogens is 1. The summed E-state index contributed by atoms with van der Waals surface area (Å²) in [6.07, 6.45) is 4.94. The lowest BCUT2D eigenvalue weighted by atomic mass is 10.1. The van der Waals surface area contributed by atoms with E-state index in [2.05, 4.69) is 48.1 Å². The first-order chi connectivity index (χ1) is 7.81. The summed E-state index contributed by atoms with van der Waals surface area (Å²) in [4.78, 5) is 3.23. The van der Waals surface area contributed by atoms with Gasteiger partial charge in [-0.05, 0) is 31.0 Å². The van der Waals surface area contributed by atoms with Gasteiger partial charge in [0.05, 0.1) is 0 Å². The van der Waals surface area contributed by atoms with Crippen molar-refractivity contribution < 1.29 is 0 Å². The van der Waals surface area contributed by atoms with E-state index in [9.17, 15) is 0 Å². The summed E-state index contributed by atoms with van der Waals surface area (Å²) in [5, 5.41) is 4.80. The van der Waals surface area contributed by atoms with E-state index in [1.54, 1.807) is 0 Å². The molecule has 0 aliphatic rings. The van der Waals surface area contributed by atoms with Gasteiger partial charge in [0.25, 0.3) is 0 Å². The Kier molecular flexibility index (Phi) is 3.42. The maximum atomic E-state index is 3.75. The molecule has 0 spiro atoms. The Bertz CT molecular complexity index is 470. The number of hydrogen-bond acceptors (Lipinski definition) is 1. The van der Waals surface area contributed by atoms with Crippen molar-refractivity contribution in [1.29, 1.82) is 0 Å². The lowest BCUT2D eigenvalue weighted by Crippen LogP contribution is -2.24. The Hall–Kier alpha value is -1.54. The lowest BCUT2D eigenvalue weighted by molar-refractivity contribution is 0.555. The van der Waals surface area contributed by atoms with E-state index in [0.29, 0.717) is 6.04 Å². The fraction of sp³-hybridized carbons (Fsp3) is 0.286. The molecule has 1 heterocycles. The summed E-state index contributed by atoms with van der Waals surface area (Å²) in [6.45, 7) is 6.84. The maximum absolute atomic E-state index is 3.75. The smallest absolute Gasteiger partial charge is 0.0457 e. The van der Waals surface area contributed by atoms with Crippen LogP contribution in [0.2, 0.25) is 0 Å². The van der Waals surface area contributed by atoms with Crippen LogP contribution in [0.3, 0.4) is 0 Å². The van der Waals surface area contributed by atoms with Gasteiger partial charge < -0.3 is 10.3 Å². The third-order valence-electron chi connectivity index (χ3n) is 2.85. The molecule has 84 valence electrons. The summed E-state index contributed by atoms with van der Waals surface area (Å²) in [7, 11) is 0. The highest BCUT2D eigenvalue weighted by Crippen LogP contribution is 2.17. The summed E-state index contributed by atoms with van der Waals surface area (Å²) >= 11 is 0. The van der Waals surface area contributed by atoms with E-state index >= 15 is 0 Å². The van der Waals surface area contributed by atoms with Crippen molar-refractivity contribution in [1.82, 2.24) is 10.3 Å². The van der Waals surface area contributed by atoms with Gasteiger partial charge in [0.2, 0.25) is 0 Å². The average molecular weight is 214 g/mol. The third kappa shape index (κ3) is 2.34.